The minimum atomic E-state index is -1.04. The number of amides is 5. The van der Waals surface area contributed by atoms with Crippen LogP contribution < -0.4 is 31.7 Å². The largest absolute Gasteiger partial charge is 0.514 e. The SMILES string of the molecule is CC(C)[C@H](NC(=O)OCC1[C@H]2CCC#CCC[C@@H]12)C(=O)N[C@@H](CCCNC(N)=O)C(=O)Nc1ccc(COC(=O)Oc2ccc([N+](=O)[O-])cc2)cc1. The first-order valence-electron chi connectivity index (χ1n) is 17.1. The first-order valence-corrected chi connectivity index (χ1v) is 17.1. The maximum atomic E-state index is 13.4. The van der Waals surface area contributed by atoms with Crippen molar-refractivity contribution in [1.82, 2.24) is 16.0 Å². The topological polar surface area (TPSA) is 230 Å². The van der Waals surface area contributed by atoms with Gasteiger partial charge >= 0.3 is 18.3 Å². The number of hydrogen-bond acceptors (Lipinski definition) is 10. The minimum Gasteiger partial charge on any atom is -0.449 e. The summed E-state index contributed by atoms with van der Waals surface area (Å²) in [5.74, 6) is 6.23. The van der Waals surface area contributed by atoms with Gasteiger partial charge in [0, 0.05) is 37.2 Å². The summed E-state index contributed by atoms with van der Waals surface area (Å²) < 4.78 is 15.6. The molecule has 0 radical (unpaired) electrons. The monoisotopic (exact) mass is 720 g/mol. The predicted octanol–water partition coefficient (Wildman–Crippen LogP) is 4.37. The summed E-state index contributed by atoms with van der Waals surface area (Å²) in [4.78, 5) is 73.0. The highest BCUT2D eigenvalue weighted by atomic mass is 16.7. The first-order chi connectivity index (χ1) is 24.9. The molecule has 0 saturated heterocycles. The summed E-state index contributed by atoms with van der Waals surface area (Å²) in [6.45, 7) is 3.81. The highest BCUT2D eigenvalue weighted by Crippen LogP contribution is 2.52. The second-order valence-electron chi connectivity index (χ2n) is 13.0. The van der Waals surface area contributed by atoms with Crippen molar-refractivity contribution in [3.05, 3.63) is 64.2 Å². The molecule has 1 fully saturated rings. The molecule has 0 aliphatic heterocycles. The third-order valence-corrected chi connectivity index (χ3v) is 8.90. The first kappa shape index (κ1) is 38.9. The lowest BCUT2D eigenvalue weighted by Gasteiger charge is -2.25. The van der Waals surface area contributed by atoms with E-state index in [0.717, 1.165) is 25.7 Å². The Morgan fingerprint density at radius 1 is 0.923 bits per heavy atom. The van der Waals surface area contributed by atoms with Gasteiger partial charge in [0.1, 0.15) is 24.4 Å². The van der Waals surface area contributed by atoms with Gasteiger partial charge in [-0.25, -0.2) is 14.4 Å². The van der Waals surface area contributed by atoms with E-state index >= 15 is 0 Å². The summed E-state index contributed by atoms with van der Waals surface area (Å²) in [5, 5.41) is 21.4. The second-order valence-corrected chi connectivity index (χ2v) is 13.0. The summed E-state index contributed by atoms with van der Waals surface area (Å²) in [7, 11) is 0. The van der Waals surface area contributed by atoms with Crippen molar-refractivity contribution in [2.24, 2.45) is 29.4 Å². The Labute approximate surface area is 301 Å². The van der Waals surface area contributed by atoms with Crippen LogP contribution in [0, 0.1) is 45.6 Å². The number of nitro benzene ring substituents is 1. The highest BCUT2D eigenvalue weighted by Gasteiger charge is 2.49. The fourth-order valence-corrected chi connectivity index (χ4v) is 6.02. The Balaban J connectivity index is 1.29. The Hall–Kier alpha value is -5.85. The summed E-state index contributed by atoms with van der Waals surface area (Å²) >= 11 is 0. The van der Waals surface area contributed by atoms with Crippen LogP contribution in [-0.4, -0.2) is 60.3 Å². The molecule has 0 bridgehead atoms. The van der Waals surface area contributed by atoms with E-state index < -0.39 is 47.1 Å². The summed E-state index contributed by atoms with van der Waals surface area (Å²) in [6.07, 6.45) is 2.41. The fraction of sp³-hybridized carbons (Fsp3) is 0.472. The van der Waals surface area contributed by atoms with Crippen molar-refractivity contribution in [3.63, 3.8) is 0 Å². The van der Waals surface area contributed by atoms with Crippen LogP contribution in [0.2, 0.25) is 0 Å². The zero-order chi connectivity index (χ0) is 37.6. The number of alkyl carbamates (subject to hydrolysis) is 1. The number of non-ortho nitro benzene ring substituents is 1. The summed E-state index contributed by atoms with van der Waals surface area (Å²) in [6, 6.07) is 8.55. The van der Waals surface area contributed by atoms with Crippen LogP contribution in [0.4, 0.5) is 25.8 Å². The van der Waals surface area contributed by atoms with E-state index in [0.29, 0.717) is 29.5 Å². The number of urea groups is 1. The highest BCUT2D eigenvalue weighted by molar-refractivity contribution is 5.98. The molecule has 52 heavy (non-hydrogen) atoms. The van der Waals surface area contributed by atoms with E-state index in [1.807, 2.05) is 0 Å². The van der Waals surface area contributed by atoms with E-state index in [9.17, 15) is 34.1 Å². The van der Waals surface area contributed by atoms with Gasteiger partial charge in [-0.3, -0.25) is 19.7 Å². The number of nitrogens with zero attached hydrogens (tertiary/aromatic N) is 1. The maximum Gasteiger partial charge on any atom is 0.514 e. The number of carbonyl (C=O) groups is 5. The van der Waals surface area contributed by atoms with Crippen molar-refractivity contribution in [1.29, 1.82) is 0 Å². The number of nitrogens with one attached hydrogen (secondary N) is 4. The zero-order valence-corrected chi connectivity index (χ0v) is 29.1. The number of ether oxygens (including phenoxy) is 3. The lowest BCUT2D eigenvalue weighted by Crippen LogP contribution is -2.54. The van der Waals surface area contributed by atoms with Gasteiger partial charge in [0.25, 0.3) is 5.69 Å². The number of nitrogens with two attached hydrogens (primary N) is 1. The zero-order valence-electron chi connectivity index (χ0n) is 29.1. The van der Waals surface area contributed by atoms with Crippen LogP contribution >= 0.6 is 0 Å². The van der Waals surface area contributed by atoms with Gasteiger partial charge in [0.2, 0.25) is 11.8 Å². The Bertz CT molecular complexity index is 1640. The van der Waals surface area contributed by atoms with E-state index in [2.05, 4.69) is 33.1 Å². The van der Waals surface area contributed by atoms with Gasteiger partial charge < -0.3 is 41.2 Å². The van der Waals surface area contributed by atoms with Gasteiger partial charge in [-0.15, -0.1) is 11.8 Å². The average molecular weight is 721 g/mol. The van der Waals surface area contributed by atoms with E-state index in [1.165, 1.54) is 24.3 Å². The van der Waals surface area contributed by atoms with Crippen LogP contribution in [0.1, 0.15) is 57.9 Å². The number of primary amides is 1. The number of hydrogen-bond donors (Lipinski definition) is 5. The van der Waals surface area contributed by atoms with Crippen LogP contribution in [-0.2, 0) is 25.7 Å². The quantitative estimate of drug-likeness (QED) is 0.0410. The smallest absolute Gasteiger partial charge is 0.449 e. The molecule has 1 saturated carbocycles. The molecule has 4 rings (SSSR count). The molecule has 278 valence electrons. The van der Waals surface area contributed by atoms with E-state index in [1.54, 1.807) is 38.1 Å². The lowest BCUT2D eigenvalue weighted by molar-refractivity contribution is -0.384. The number of carbonyl (C=O) groups excluding carboxylic acids is 5. The number of nitro groups is 1. The van der Waals surface area contributed by atoms with Crippen molar-refractivity contribution in [2.75, 3.05) is 18.5 Å². The van der Waals surface area contributed by atoms with Gasteiger partial charge in [-0.1, -0.05) is 26.0 Å². The molecule has 2 aliphatic carbocycles. The third-order valence-electron chi connectivity index (χ3n) is 8.90. The second kappa shape index (κ2) is 18.9. The van der Waals surface area contributed by atoms with Gasteiger partial charge in [-0.05, 0) is 79.2 Å². The molecule has 2 aliphatic rings. The van der Waals surface area contributed by atoms with E-state index in [-0.39, 0.29) is 49.5 Å². The standard InChI is InChI=1S/C36H44N6O10/c1-22(2)31(41-35(46)50-21-29-27-8-5-3-4-6-9-28(27)29)33(44)40-30(10-7-19-38-34(37)45)32(43)39-24-13-11-23(12-14-24)20-51-36(47)52-26-17-15-25(16-18-26)42(48)49/h11-18,22,27-31H,5-10,19-21H2,1-2H3,(H,39,43)(H,40,44)(H,41,46)(H3,37,38,45)/t27-,28+,29?,30-,31-/m0/s1. The minimum absolute atomic E-state index is 0.0730. The molecular weight excluding hydrogens is 676 g/mol. The van der Waals surface area contributed by atoms with Gasteiger partial charge in [0.05, 0.1) is 11.5 Å². The van der Waals surface area contributed by atoms with E-state index in [4.69, 9.17) is 19.9 Å². The fourth-order valence-electron chi connectivity index (χ4n) is 6.02. The van der Waals surface area contributed by atoms with Crippen molar-refractivity contribution < 1.29 is 43.1 Å². The predicted molar refractivity (Wildman–Crippen MR) is 188 cm³/mol. The maximum absolute atomic E-state index is 13.4. The molecule has 5 atom stereocenters. The molecule has 1 unspecified atom stereocenters. The molecule has 2 aromatic carbocycles. The summed E-state index contributed by atoms with van der Waals surface area (Å²) in [5.41, 5.74) is 5.95. The molecule has 0 spiro atoms. The van der Waals surface area contributed by atoms with Gasteiger partial charge in [-0.2, -0.15) is 0 Å². The number of fused-ring (bicyclic) bond motifs is 1. The van der Waals surface area contributed by atoms with Crippen molar-refractivity contribution in [3.8, 4) is 17.6 Å². The number of rotatable bonds is 16. The molecule has 16 nitrogen and oxygen atoms in total. The normalized spacial score (nSPS) is 18.3. The van der Waals surface area contributed by atoms with Gasteiger partial charge in [0.15, 0.2) is 0 Å². The van der Waals surface area contributed by atoms with Crippen LogP contribution in [0.15, 0.2) is 48.5 Å². The molecular formula is C36H44N6O10. The van der Waals surface area contributed by atoms with Crippen LogP contribution in [0.25, 0.3) is 0 Å². The number of anilines is 1. The molecule has 2 aromatic rings. The van der Waals surface area contributed by atoms with Crippen molar-refractivity contribution >= 4 is 41.5 Å². The van der Waals surface area contributed by atoms with Crippen LogP contribution in [0.3, 0.4) is 0 Å². The molecule has 0 aromatic heterocycles. The average Bonchev–Trinajstić information content (AvgIpc) is 3.75. The molecule has 5 amide bonds. The molecule has 0 heterocycles. The Morgan fingerprint density at radius 3 is 2.17 bits per heavy atom. The lowest BCUT2D eigenvalue weighted by atomic mass is 10.0. The van der Waals surface area contributed by atoms with Crippen molar-refractivity contribution in [2.45, 2.75) is 71.1 Å². The third kappa shape index (κ3) is 12.2. The van der Waals surface area contributed by atoms with Crippen LogP contribution in [0.5, 0.6) is 5.75 Å². The molecule has 16 heteroatoms. The number of benzene rings is 2. The molecule has 6 N–H and O–H groups in total. The Morgan fingerprint density at radius 2 is 1.58 bits per heavy atom. The Kier molecular flexibility index (Phi) is 14.2.